The van der Waals surface area contributed by atoms with E-state index in [1.165, 1.54) is 5.56 Å². The number of aromatic nitrogens is 4. The minimum Gasteiger partial charge on any atom is -0.333 e. The molecule has 1 amide bonds. The fourth-order valence-electron chi connectivity index (χ4n) is 4.92. The molecule has 0 spiro atoms. The van der Waals surface area contributed by atoms with E-state index in [-0.39, 0.29) is 5.91 Å². The van der Waals surface area contributed by atoms with Crippen molar-refractivity contribution in [3.63, 3.8) is 0 Å². The minimum absolute atomic E-state index is 0.0173. The maximum Gasteiger partial charge on any atom is 0.289 e. The quantitative estimate of drug-likeness (QED) is 0.333. The predicted octanol–water partition coefficient (Wildman–Crippen LogP) is 5.01. The van der Waals surface area contributed by atoms with Crippen molar-refractivity contribution in [2.24, 2.45) is 7.05 Å². The van der Waals surface area contributed by atoms with Crippen LogP contribution in [0.25, 0.3) is 28.0 Å². The summed E-state index contributed by atoms with van der Waals surface area (Å²) in [7, 11) is 1.85. The van der Waals surface area contributed by atoms with Crippen LogP contribution in [0.1, 0.15) is 16.3 Å². The molecule has 3 aromatic heterocycles. The zero-order chi connectivity index (χ0) is 25.4. The van der Waals surface area contributed by atoms with E-state index in [1.807, 2.05) is 42.3 Å². The largest absolute Gasteiger partial charge is 0.333 e. The first-order chi connectivity index (χ1) is 18.1. The molecule has 186 valence electrons. The second-order valence-corrected chi connectivity index (χ2v) is 9.79. The maximum absolute atomic E-state index is 12.9. The van der Waals surface area contributed by atoms with Gasteiger partial charge in [-0.05, 0) is 35.4 Å². The van der Waals surface area contributed by atoms with Crippen molar-refractivity contribution in [2.45, 2.75) is 6.54 Å². The van der Waals surface area contributed by atoms with Gasteiger partial charge in [-0.3, -0.25) is 9.69 Å². The number of carbonyl (C=O) groups is 1. The van der Waals surface area contributed by atoms with Gasteiger partial charge in [0.1, 0.15) is 5.65 Å². The van der Waals surface area contributed by atoms with Gasteiger partial charge in [-0.1, -0.05) is 54.1 Å². The molecule has 0 aliphatic carbocycles. The van der Waals surface area contributed by atoms with Crippen molar-refractivity contribution >= 4 is 23.2 Å². The van der Waals surface area contributed by atoms with E-state index in [4.69, 9.17) is 16.6 Å². The normalized spacial score (nSPS) is 14.4. The van der Waals surface area contributed by atoms with E-state index in [0.717, 1.165) is 47.8 Å². The lowest BCUT2D eigenvalue weighted by Gasteiger charge is -2.34. The van der Waals surface area contributed by atoms with E-state index in [2.05, 4.69) is 56.9 Å². The SMILES string of the molecule is Cn1ccnc1C(=O)N1CCN(Cc2c(-c3ccc(Cl)cc3)nc3ccc(-c4ccccc4)cn23)CC1. The predicted molar refractivity (Wildman–Crippen MR) is 145 cm³/mol. The highest BCUT2D eigenvalue weighted by molar-refractivity contribution is 6.30. The Hall–Kier alpha value is -3.94. The molecule has 0 unspecified atom stereocenters. The fraction of sp³-hybridized carbons (Fsp3) is 0.207. The highest BCUT2D eigenvalue weighted by Crippen LogP contribution is 2.29. The average Bonchev–Trinajstić information content (AvgIpc) is 3.53. The molecule has 0 radical (unpaired) electrons. The highest BCUT2D eigenvalue weighted by Gasteiger charge is 2.26. The molecule has 1 saturated heterocycles. The summed E-state index contributed by atoms with van der Waals surface area (Å²) in [6.07, 6.45) is 5.64. The van der Waals surface area contributed by atoms with Gasteiger partial charge < -0.3 is 13.9 Å². The Balaban J connectivity index is 1.31. The molecule has 1 fully saturated rings. The molecule has 8 heteroatoms. The van der Waals surface area contributed by atoms with E-state index in [9.17, 15) is 4.79 Å². The molecule has 2 aromatic carbocycles. The van der Waals surface area contributed by atoms with Crippen LogP contribution >= 0.6 is 11.6 Å². The number of hydrogen-bond acceptors (Lipinski definition) is 4. The molecule has 5 aromatic rings. The number of pyridine rings is 1. The Kier molecular flexibility index (Phi) is 6.24. The molecule has 7 nitrogen and oxygen atoms in total. The molecule has 0 atom stereocenters. The number of aryl methyl sites for hydroxylation is 1. The zero-order valence-corrected chi connectivity index (χ0v) is 21.3. The van der Waals surface area contributed by atoms with Crippen molar-refractivity contribution in [3.8, 4) is 22.4 Å². The summed E-state index contributed by atoms with van der Waals surface area (Å²) >= 11 is 6.18. The first-order valence-electron chi connectivity index (χ1n) is 12.4. The van der Waals surface area contributed by atoms with Crippen LogP contribution in [0.4, 0.5) is 0 Å². The summed E-state index contributed by atoms with van der Waals surface area (Å²) in [5.74, 6) is 0.463. The third kappa shape index (κ3) is 4.63. The number of hydrogen-bond donors (Lipinski definition) is 0. The molecule has 6 rings (SSSR count). The third-order valence-corrected chi connectivity index (χ3v) is 7.24. The van der Waals surface area contributed by atoms with Gasteiger partial charge in [-0.25, -0.2) is 9.97 Å². The average molecular weight is 511 g/mol. The standard InChI is InChI=1S/C29H27ClN6O/c1-33-14-13-31-28(33)29(37)35-17-15-34(16-18-35)20-25-27(22-7-10-24(30)11-8-22)32-26-12-9-23(19-36(25)26)21-5-3-2-4-6-21/h2-14,19H,15-18,20H2,1H3. The van der Waals surface area contributed by atoms with Crippen LogP contribution in [0.15, 0.2) is 85.3 Å². The summed E-state index contributed by atoms with van der Waals surface area (Å²) in [5.41, 5.74) is 6.32. The lowest BCUT2D eigenvalue weighted by Crippen LogP contribution is -2.48. The Labute approximate surface area is 220 Å². The number of benzene rings is 2. The Morgan fingerprint density at radius 1 is 0.892 bits per heavy atom. The number of fused-ring (bicyclic) bond motifs is 1. The van der Waals surface area contributed by atoms with Crippen molar-refractivity contribution in [1.82, 2.24) is 28.7 Å². The molecule has 1 aliphatic rings. The third-order valence-electron chi connectivity index (χ3n) is 6.99. The van der Waals surface area contributed by atoms with Crippen LogP contribution < -0.4 is 0 Å². The summed E-state index contributed by atoms with van der Waals surface area (Å²) in [6.45, 7) is 3.60. The van der Waals surface area contributed by atoms with Crippen molar-refractivity contribution in [3.05, 3.63) is 102 Å². The second kappa shape index (κ2) is 9.84. The van der Waals surface area contributed by atoms with Gasteiger partial charge in [0.15, 0.2) is 5.82 Å². The summed E-state index contributed by atoms with van der Waals surface area (Å²) in [6, 6.07) is 22.4. The lowest BCUT2D eigenvalue weighted by atomic mass is 10.1. The van der Waals surface area contributed by atoms with Gasteiger partial charge in [0.05, 0.1) is 11.4 Å². The molecule has 0 saturated carbocycles. The van der Waals surface area contributed by atoms with Crippen LogP contribution in [-0.2, 0) is 13.6 Å². The molecule has 0 N–H and O–H groups in total. The second-order valence-electron chi connectivity index (χ2n) is 9.36. The fourth-order valence-corrected chi connectivity index (χ4v) is 5.04. The van der Waals surface area contributed by atoms with Gasteiger partial charge in [-0.2, -0.15) is 0 Å². The van der Waals surface area contributed by atoms with Crippen LogP contribution in [0, 0.1) is 0 Å². The van der Waals surface area contributed by atoms with Gasteiger partial charge in [-0.15, -0.1) is 0 Å². The molecule has 0 bridgehead atoms. The molecule has 37 heavy (non-hydrogen) atoms. The number of piperazine rings is 1. The van der Waals surface area contributed by atoms with Gasteiger partial charge >= 0.3 is 0 Å². The van der Waals surface area contributed by atoms with Gasteiger partial charge in [0.2, 0.25) is 0 Å². The van der Waals surface area contributed by atoms with E-state index in [0.29, 0.717) is 23.9 Å². The zero-order valence-electron chi connectivity index (χ0n) is 20.6. The van der Waals surface area contributed by atoms with Crippen LogP contribution in [0.3, 0.4) is 0 Å². The van der Waals surface area contributed by atoms with Crippen molar-refractivity contribution < 1.29 is 4.79 Å². The Morgan fingerprint density at radius 2 is 1.62 bits per heavy atom. The molecular formula is C29H27ClN6O. The number of halogens is 1. The molecule has 4 heterocycles. The first-order valence-corrected chi connectivity index (χ1v) is 12.8. The number of carbonyl (C=O) groups excluding carboxylic acids is 1. The first kappa shape index (κ1) is 23.5. The van der Waals surface area contributed by atoms with Gasteiger partial charge in [0, 0.05) is 68.9 Å². The minimum atomic E-state index is -0.0173. The van der Waals surface area contributed by atoms with Crippen LogP contribution in [0.5, 0.6) is 0 Å². The van der Waals surface area contributed by atoms with E-state index >= 15 is 0 Å². The van der Waals surface area contributed by atoms with Crippen LogP contribution in [-0.4, -0.2) is 60.8 Å². The van der Waals surface area contributed by atoms with E-state index < -0.39 is 0 Å². The Morgan fingerprint density at radius 3 is 2.32 bits per heavy atom. The summed E-state index contributed by atoms with van der Waals surface area (Å²) < 4.78 is 3.98. The summed E-state index contributed by atoms with van der Waals surface area (Å²) in [4.78, 5) is 26.4. The number of nitrogens with zero attached hydrogens (tertiary/aromatic N) is 6. The lowest BCUT2D eigenvalue weighted by molar-refractivity contribution is 0.0611. The topological polar surface area (TPSA) is 58.7 Å². The molecule has 1 aliphatic heterocycles. The van der Waals surface area contributed by atoms with E-state index in [1.54, 1.807) is 17.0 Å². The Bertz CT molecular complexity index is 1550. The van der Waals surface area contributed by atoms with Gasteiger partial charge in [0.25, 0.3) is 5.91 Å². The maximum atomic E-state index is 12.9. The smallest absolute Gasteiger partial charge is 0.289 e. The van der Waals surface area contributed by atoms with Crippen molar-refractivity contribution in [2.75, 3.05) is 26.2 Å². The monoisotopic (exact) mass is 510 g/mol. The number of imidazole rings is 2. The van der Waals surface area contributed by atoms with Crippen LogP contribution in [0.2, 0.25) is 5.02 Å². The highest BCUT2D eigenvalue weighted by atomic mass is 35.5. The molecular weight excluding hydrogens is 484 g/mol. The number of amides is 1. The van der Waals surface area contributed by atoms with Crippen molar-refractivity contribution in [1.29, 1.82) is 0 Å². The number of rotatable bonds is 5. The summed E-state index contributed by atoms with van der Waals surface area (Å²) in [5, 5.41) is 0.703.